The fourth-order valence-electron chi connectivity index (χ4n) is 3.82. The molecule has 1 saturated heterocycles. The second-order valence-corrected chi connectivity index (χ2v) is 7.09. The Bertz CT molecular complexity index is 915. The highest BCUT2D eigenvalue weighted by Crippen LogP contribution is 2.25. The van der Waals surface area contributed by atoms with Crippen LogP contribution in [0.5, 0.6) is 0 Å². The second kappa shape index (κ2) is 9.37. The molecule has 148 valence electrons. The third kappa shape index (κ3) is 4.46. The first-order chi connectivity index (χ1) is 13.2. The Morgan fingerprint density at radius 2 is 1.82 bits per heavy atom. The van der Waals surface area contributed by atoms with Crippen molar-refractivity contribution in [2.24, 2.45) is 0 Å². The molecule has 5 heteroatoms. The van der Waals surface area contributed by atoms with E-state index < -0.39 is 0 Å². The molecular weight excluding hydrogens is 375 g/mol. The van der Waals surface area contributed by atoms with Crippen molar-refractivity contribution in [1.29, 1.82) is 0 Å². The lowest BCUT2D eigenvalue weighted by Crippen LogP contribution is -2.47. The molecule has 0 aromatic heterocycles. The van der Waals surface area contributed by atoms with Gasteiger partial charge in [-0.15, -0.1) is 12.4 Å². The molecule has 1 fully saturated rings. The molecule has 3 aromatic rings. The van der Waals surface area contributed by atoms with Crippen molar-refractivity contribution in [3.63, 3.8) is 0 Å². The van der Waals surface area contributed by atoms with Crippen molar-refractivity contribution in [2.45, 2.75) is 19.1 Å². The number of hydrogen-bond acceptors (Lipinski definition) is 3. The third-order valence-electron chi connectivity index (χ3n) is 5.27. The van der Waals surface area contributed by atoms with Crippen LogP contribution in [0.25, 0.3) is 10.8 Å². The van der Waals surface area contributed by atoms with Gasteiger partial charge in [-0.25, -0.2) is 4.39 Å². The van der Waals surface area contributed by atoms with Gasteiger partial charge in [0, 0.05) is 25.7 Å². The van der Waals surface area contributed by atoms with Crippen LogP contribution in [0, 0.1) is 5.82 Å². The van der Waals surface area contributed by atoms with Crippen LogP contribution < -0.4 is 10.2 Å². The molecule has 1 aliphatic rings. The third-order valence-corrected chi connectivity index (χ3v) is 5.27. The number of hydrogen-bond donors (Lipinski definition) is 1. The lowest BCUT2D eigenvalue weighted by molar-refractivity contribution is 0.0392. The summed E-state index contributed by atoms with van der Waals surface area (Å²) in [4.78, 5) is 2.08. The normalized spacial score (nSPS) is 17.9. The van der Waals surface area contributed by atoms with E-state index in [9.17, 15) is 4.39 Å². The number of halogens is 2. The molecule has 1 N–H and O–H groups in total. The van der Waals surface area contributed by atoms with E-state index in [-0.39, 0.29) is 30.4 Å². The lowest BCUT2D eigenvalue weighted by atomic mass is 9.99. The first-order valence-electron chi connectivity index (χ1n) is 9.54. The molecule has 2 atom stereocenters. The molecule has 0 saturated carbocycles. The number of nitrogens with zero attached hydrogens (tertiary/aromatic N) is 1. The van der Waals surface area contributed by atoms with Crippen molar-refractivity contribution in [2.75, 3.05) is 31.1 Å². The van der Waals surface area contributed by atoms with Crippen LogP contribution in [0.1, 0.15) is 18.5 Å². The number of benzene rings is 3. The average molecular weight is 401 g/mol. The quantitative estimate of drug-likeness (QED) is 0.655. The molecule has 1 aliphatic heterocycles. The molecule has 2 unspecified atom stereocenters. The van der Waals surface area contributed by atoms with E-state index in [0.717, 1.165) is 13.1 Å². The predicted molar refractivity (Wildman–Crippen MR) is 116 cm³/mol. The number of para-hydroxylation sites is 1. The first-order valence-corrected chi connectivity index (χ1v) is 9.54. The standard InChI is InChI=1S/C23H25FN2O.ClH/c1-17(20-10-6-8-18-7-2-3-9-21(18)20)25-15-19-16-26(13-14-27-19)23-12-5-4-11-22(23)24;/h2-12,17,19,25H,13-16H2,1H3;1H. The van der Waals surface area contributed by atoms with Gasteiger partial charge in [0.25, 0.3) is 0 Å². The summed E-state index contributed by atoms with van der Waals surface area (Å²) in [5.74, 6) is -0.171. The molecule has 1 heterocycles. The summed E-state index contributed by atoms with van der Waals surface area (Å²) < 4.78 is 20.0. The van der Waals surface area contributed by atoms with Gasteiger partial charge in [-0.3, -0.25) is 0 Å². The second-order valence-electron chi connectivity index (χ2n) is 7.09. The molecule has 4 rings (SSSR count). The van der Waals surface area contributed by atoms with Gasteiger partial charge in [-0.1, -0.05) is 54.6 Å². The molecular formula is C23H26ClFN2O. The summed E-state index contributed by atoms with van der Waals surface area (Å²) in [5, 5.41) is 6.13. The van der Waals surface area contributed by atoms with Crippen LogP contribution in [0.4, 0.5) is 10.1 Å². The maximum atomic E-state index is 14.1. The van der Waals surface area contributed by atoms with Crippen LogP contribution in [-0.2, 0) is 4.74 Å². The van der Waals surface area contributed by atoms with E-state index in [1.807, 2.05) is 12.1 Å². The summed E-state index contributed by atoms with van der Waals surface area (Å²) in [5.41, 5.74) is 1.95. The zero-order valence-electron chi connectivity index (χ0n) is 16.0. The number of nitrogens with one attached hydrogen (secondary N) is 1. The summed E-state index contributed by atoms with van der Waals surface area (Å²) in [6, 6.07) is 22.0. The highest BCUT2D eigenvalue weighted by Gasteiger charge is 2.23. The van der Waals surface area contributed by atoms with Crippen molar-refractivity contribution >= 4 is 28.9 Å². The lowest BCUT2D eigenvalue weighted by Gasteiger charge is -2.35. The van der Waals surface area contributed by atoms with E-state index in [4.69, 9.17) is 4.74 Å². The molecule has 0 spiro atoms. The van der Waals surface area contributed by atoms with Crippen molar-refractivity contribution in [3.05, 3.63) is 78.1 Å². The van der Waals surface area contributed by atoms with Gasteiger partial charge in [-0.05, 0) is 35.4 Å². The van der Waals surface area contributed by atoms with Crippen molar-refractivity contribution in [1.82, 2.24) is 5.32 Å². The van der Waals surface area contributed by atoms with Crippen molar-refractivity contribution in [3.8, 4) is 0 Å². The van der Waals surface area contributed by atoms with Gasteiger partial charge in [0.2, 0.25) is 0 Å². The highest BCUT2D eigenvalue weighted by molar-refractivity contribution is 5.86. The van der Waals surface area contributed by atoms with E-state index in [1.165, 1.54) is 22.4 Å². The van der Waals surface area contributed by atoms with Gasteiger partial charge < -0.3 is 15.0 Å². The van der Waals surface area contributed by atoms with Crippen LogP contribution in [-0.4, -0.2) is 32.3 Å². The SMILES string of the molecule is CC(NCC1CN(c2ccccc2F)CCO1)c1cccc2ccccc12.Cl. The maximum absolute atomic E-state index is 14.1. The van der Waals surface area contributed by atoms with Crippen LogP contribution >= 0.6 is 12.4 Å². The van der Waals surface area contributed by atoms with Crippen LogP contribution in [0.3, 0.4) is 0 Å². The Kier molecular flexibility index (Phi) is 6.89. The number of ether oxygens (including phenoxy) is 1. The zero-order valence-corrected chi connectivity index (χ0v) is 16.8. The molecule has 0 bridgehead atoms. The van der Waals surface area contributed by atoms with E-state index in [0.29, 0.717) is 18.8 Å². The monoisotopic (exact) mass is 400 g/mol. The van der Waals surface area contributed by atoms with Gasteiger partial charge in [0.05, 0.1) is 18.4 Å². The number of anilines is 1. The first kappa shape index (κ1) is 20.6. The Balaban J connectivity index is 0.00000225. The molecule has 0 radical (unpaired) electrons. The number of morpholine rings is 1. The maximum Gasteiger partial charge on any atom is 0.146 e. The average Bonchev–Trinajstić information content (AvgIpc) is 2.72. The summed E-state index contributed by atoms with van der Waals surface area (Å²) >= 11 is 0. The molecule has 3 nitrogen and oxygen atoms in total. The molecule has 0 amide bonds. The molecule has 28 heavy (non-hydrogen) atoms. The van der Waals surface area contributed by atoms with E-state index in [1.54, 1.807) is 6.07 Å². The Hall–Kier alpha value is -2.14. The zero-order chi connectivity index (χ0) is 18.6. The Morgan fingerprint density at radius 3 is 2.68 bits per heavy atom. The minimum atomic E-state index is -0.171. The molecule has 0 aliphatic carbocycles. The van der Waals surface area contributed by atoms with Gasteiger partial charge in [0.15, 0.2) is 0 Å². The van der Waals surface area contributed by atoms with Gasteiger partial charge in [0.1, 0.15) is 5.82 Å². The number of fused-ring (bicyclic) bond motifs is 1. The molecule has 3 aromatic carbocycles. The van der Waals surface area contributed by atoms with Gasteiger partial charge >= 0.3 is 0 Å². The smallest absolute Gasteiger partial charge is 0.146 e. The van der Waals surface area contributed by atoms with Crippen molar-refractivity contribution < 1.29 is 9.13 Å². The summed E-state index contributed by atoms with van der Waals surface area (Å²) in [7, 11) is 0. The fourth-order valence-corrected chi connectivity index (χ4v) is 3.82. The highest BCUT2D eigenvalue weighted by atomic mass is 35.5. The van der Waals surface area contributed by atoms with E-state index in [2.05, 4.69) is 59.6 Å². The van der Waals surface area contributed by atoms with Crippen LogP contribution in [0.15, 0.2) is 66.7 Å². The predicted octanol–water partition coefficient (Wildman–Crippen LogP) is 4.96. The Morgan fingerprint density at radius 1 is 1.07 bits per heavy atom. The van der Waals surface area contributed by atoms with Gasteiger partial charge in [-0.2, -0.15) is 0 Å². The topological polar surface area (TPSA) is 24.5 Å². The summed E-state index contributed by atoms with van der Waals surface area (Å²) in [6.45, 7) is 4.93. The van der Waals surface area contributed by atoms with E-state index >= 15 is 0 Å². The van der Waals surface area contributed by atoms with Crippen LogP contribution in [0.2, 0.25) is 0 Å². The summed E-state index contributed by atoms with van der Waals surface area (Å²) in [6.07, 6.45) is 0.0378. The largest absolute Gasteiger partial charge is 0.373 e. The minimum absolute atomic E-state index is 0. The Labute approximate surface area is 171 Å². The number of rotatable bonds is 5. The minimum Gasteiger partial charge on any atom is -0.373 e. The fraction of sp³-hybridized carbons (Fsp3) is 0.304.